The van der Waals surface area contributed by atoms with E-state index in [1.54, 1.807) is 4.68 Å². The van der Waals surface area contributed by atoms with E-state index in [0.29, 0.717) is 5.69 Å². The number of carbonyl (C=O) groups is 1. The SMILES string of the molecule is Cc1c(C(=O)NC2CCNC2)nnn1-c1cccc(Br)c1.Cl. The molecule has 2 aromatic rings. The van der Waals surface area contributed by atoms with Crippen LogP contribution in [-0.2, 0) is 0 Å². The average Bonchev–Trinajstić information content (AvgIpc) is 3.08. The predicted molar refractivity (Wildman–Crippen MR) is 89.8 cm³/mol. The van der Waals surface area contributed by atoms with Gasteiger partial charge in [-0.25, -0.2) is 4.68 Å². The van der Waals surface area contributed by atoms with Gasteiger partial charge < -0.3 is 10.6 Å². The van der Waals surface area contributed by atoms with Crippen LogP contribution in [0.1, 0.15) is 22.6 Å². The Morgan fingerprint density at radius 1 is 1.50 bits per heavy atom. The number of nitrogens with zero attached hydrogens (tertiary/aromatic N) is 3. The predicted octanol–water partition coefficient (Wildman–Crippen LogP) is 1.85. The van der Waals surface area contributed by atoms with E-state index >= 15 is 0 Å². The van der Waals surface area contributed by atoms with Gasteiger partial charge in [-0.3, -0.25) is 4.79 Å². The molecule has 1 saturated heterocycles. The molecule has 0 spiro atoms. The van der Waals surface area contributed by atoms with Crippen LogP contribution in [0.15, 0.2) is 28.7 Å². The molecule has 22 heavy (non-hydrogen) atoms. The topological polar surface area (TPSA) is 71.8 Å². The maximum atomic E-state index is 12.3. The smallest absolute Gasteiger partial charge is 0.274 e. The van der Waals surface area contributed by atoms with Crippen LogP contribution in [-0.4, -0.2) is 40.0 Å². The highest BCUT2D eigenvalue weighted by atomic mass is 79.9. The molecule has 1 amide bonds. The van der Waals surface area contributed by atoms with Crippen molar-refractivity contribution in [2.45, 2.75) is 19.4 Å². The van der Waals surface area contributed by atoms with Gasteiger partial charge in [-0.1, -0.05) is 27.2 Å². The van der Waals surface area contributed by atoms with Crippen molar-refractivity contribution < 1.29 is 4.79 Å². The number of benzene rings is 1. The minimum absolute atomic E-state index is 0. The quantitative estimate of drug-likeness (QED) is 0.844. The molecule has 1 aromatic carbocycles. The van der Waals surface area contributed by atoms with Gasteiger partial charge in [0, 0.05) is 17.1 Å². The molecule has 8 heteroatoms. The normalized spacial score (nSPS) is 17.1. The van der Waals surface area contributed by atoms with Crippen molar-refractivity contribution in [2.75, 3.05) is 13.1 Å². The van der Waals surface area contributed by atoms with E-state index in [-0.39, 0.29) is 24.4 Å². The summed E-state index contributed by atoms with van der Waals surface area (Å²) >= 11 is 3.43. The summed E-state index contributed by atoms with van der Waals surface area (Å²) in [6.07, 6.45) is 0.949. The van der Waals surface area contributed by atoms with Gasteiger partial charge in [-0.15, -0.1) is 17.5 Å². The van der Waals surface area contributed by atoms with E-state index in [4.69, 9.17) is 0 Å². The monoisotopic (exact) mass is 385 g/mol. The zero-order chi connectivity index (χ0) is 14.8. The standard InChI is InChI=1S/C14H16BrN5O.ClH/c1-9-13(14(21)17-11-5-6-16-8-11)18-19-20(9)12-4-2-3-10(15)7-12;/h2-4,7,11,16H,5-6,8H2,1H3,(H,17,21);1H. The molecule has 0 aliphatic carbocycles. The molecule has 1 aromatic heterocycles. The lowest BCUT2D eigenvalue weighted by Gasteiger charge is -2.10. The van der Waals surface area contributed by atoms with E-state index in [9.17, 15) is 4.79 Å². The Kier molecular flexibility index (Phi) is 5.55. The lowest BCUT2D eigenvalue weighted by Crippen LogP contribution is -2.36. The molecule has 0 saturated carbocycles. The van der Waals surface area contributed by atoms with Gasteiger partial charge in [-0.2, -0.15) is 0 Å². The summed E-state index contributed by atoms with van der Waals surface area (Å²) in [4.78, 5) is 12.3. The van der Waals surface area contributed by atoms with Gasteiger partial charge in [-0.05, 0) is 38.1 Å². The van der Waals surface area contributed by atoms with Crippen molar-refractivity contribution in [3.05, 3.63) is 40.1 Å². The van der Waals surface area contributed by atoms with Crippen LogP contribution in [0.5, 0.6) is 0 Å². The van der Waals surface area contributed by atoms with Crippen LogP contribution < -0.4 is 10.6 Å². The molecule has 0 radical (unpaired) electrons. The molecular weight excluding hydrogens is 370 g/mol. The van der Waals surface area contributed by atoms with Gasteiger partial charge in [0.05, 0.1) is 11.4 Å². The molecule has 1 unspecified atom stereocenters. The largest absolute Gasteiger partial charge is 0.347 e. The molecule has 2 heterocycles. The molecule has 3 rings (SSSR count). The zero-order valence-corrected chi connectivity index (χ0v) is 14.4. The number of rotatable bonds is 3. The van der Waals surface area contributed by atoms with E-state index in [1.807, 2.05) is 31.2 Å². The van der Waals surface area contributed by atoms with Crippen molar-refractivity contribution in [2.24, 2.45) is 0 Å². The number of carbonyl (C=O) groups excluding carboxylic acids is 1. The maximum absolute atomic E-state index is 12.3. The Labute approximate surface area is 143 Å². The van der Waals surface area contributed by atoms with Crippen LogP contribution in [0.4, 0.5) is 0 Å². The average molecular weight is 387 g/mol. The third-order valence-corrected chi connectivity index (χ3v) is 4.05. The van der Waals surface area contributed by atoms with Crippen LogP contribution in [0.3, 0.4) is 0 Å². The Balaban J connectivity index is 0.00000176. The van der Waals surface area contributed by atoms with Gasteiger partial charge in [0.1, 0.15) is 0 Å². The number of aromatic nitrogens is 3. The van der Waals surface area contributed by atoms with E-state index in [0.717, 1.165) is 35.4 Å². The molecule has 1 aliphatic rings. The van der Waals surface area contributed by atoms with Gasteiger partial charge in [0.2, 0.25) is 0 Å². The summed E-state index contributed by atoms with van der Waals surface area (Å²) in [6, 6.07) is 7.90. The second-order valence-corrected chi connectivity index (χ2v) is 5.99. The summed E-state index contributed by atoms with van der Waals surface area (Å²) in [5.74, 6) is -0.164. The highest BCUT2D eigenvalue weighted by Crippen LogP contribution is 2.17. The molecule has 1 fully saturated rings. The fourth-order valence-corrected chi connectivity index (χ4v) is 2.81. The molecule has 0 bridgehead atoms. The number of hydrogen-bond acceptors (Lipinski definition) is 4. The Bertz CT molecular complexity index is 669. The zero-order valence-electron chi connectivity index (χ0n) is 12.0. The maximum Gasteiger partial charge on any atom is 0.274 e. The second-order valence-electron chi connectivity index (χ2n) is 5.08. The fraction of sp³-hybridized carbons (Fsp3) is 0.357. The van der Waals surface area contributed by atoms with Crippen LogP contribution in [0.2, 0.25) is 0 Å². The highest BCUT2D eigenvalue weighted by Gasteiger charge is 2.22. The molecule has 2 N–H and O–H groups in total. The summed E-state index contributed by atoms with van der Waals surface area (Å²) < 4.78 is 2.63. The summed E-state index contributed by atoms with van der Waals surface area (Å²) in [6.45, 7) is 3.60. The summed E-state index contributed by atoms with van der Waals surface area (Å²) in [5.41, 5.74) is 1.98. The molecule has 6 nitrogen and oxygen atoms in total. The number of halogens is 2. The Hall–Kier alpha value is -1.44. The fourth-order valence-electron chi connectivity index (χ4n) is 2.42. The van der Waals surface area contributed by atoms with Gasteiger partial charge in [0.25, 0.3) is 5.91 Å². The number of amides is 1. The minimum atomic E-state index is -0.164. The highest BCUT2D eigenvalue weighted by molar-refractivity contribution is 9.10. The molecule has 118 valence electrons. The lowest BCUT2D eigenvalue weighted by molar-refractivity contribution is 0.0934. The van der Waals surface area contributed by atoms with E-state index in [1.165, 1.54) is 0 Å². The number of nitrogens with one attached hydrogen (secondary N) is 2. The first kappa shape index (κ1) is 16.9. The van der Waals surface area contributed by atoms with Crippen molar-refractivity contribution in [1.82, 2.24) is 25.6 Å². The molecular formula is C14H17BrClN5O. The summed E-state index contributed by atoms with van der Waals surface area (Å²) in [7, 11) is 0. The van der Waals surface area contributed by atoms with Crippen LogP contribution >= 0.6 is 28.3 Å². The van der Waals surface area contributed by atoms with Crippen LogP contribution in [0, 0.1) is 6.92 Å². The lowest BCUT2D eigenvalue weighted by atomic mass is 10.2. The second kappa shape index (κ2) is 7.21. The van der Waals surface area contributed by atoms with Gasteiger partial charge in [0.15, 0.2) is 5.69 Å². The van der Waals surface area contributed by atoms with Crippen LogP contribution in [0.25, 0.3) is 5.69 Å². The first-order valence-electron chi connectivity index (χ1n) is 6.85. The number of hydrogen-bond donors (Lipinski definition) is 2. The first-order chi connectivity index (χ1) is 10.1. The van der Waals surface area contributed by atoms with E-state index < -0.39 is 0 Å². The van der Waals surface area contributed by atoms with Crippen molar-refractivity contribution >= 4 is 34.2 Å². The minimum Gasteiger partial charge on any atom is -0.347 e. The Morgan fingerprint density at radius 2 is 2.32 bits per heavy atom. The van der Waals surface area contributed by atoms with E-state index in [2.05, 4.69) is 36.9 Å². The third-order valence-electron chi connectivity index (χ3n) is 3.56. The molecule has 1 atom stereocenters. The van der Waals surface area contributed by atoms with Crippen molar-refractivity contribution in [3.63, 3.8) is 0 Å². The first-order valence-corrected chi connectivity index (χ1v) is 7.64. The molecule has 1 aliphatic heterocycles. The summed E-state index contributed by atoms with van der Waals surface area (Å²) in [5, 5.41) is 14.3. The third kappa shape index (κ3) is 3.48. The van der Waals surface area contributed by atoms with Crippen molar-refractivity contribution in [3.8, 4) is 5.69 Å². The van der Waals surface area contributed by atoms with Gasteiger partial charge >= 0.3 is 0 Å². The van der Waals surface area contributed by atoms with Crippen molar-refractivity contribution in [1.29, 1.82) is 0 Å². The Morgan fingerprint density at radius 3 is 3.00 bits per heavy atom.